The van der Waals surface area contributed by atoms with Crippen molar-refractivity contribution in [2.45, 2.75) is 34.1 Å². The van der Waals surface area contributed by atoms with Crippen LogP contribution in [0.4, 0.5) is 5.69 Å². The fourth-order valence-electron chi connectivity index (χ4n) is 1.64. The van der Waals surface area contributed by atoms with Crippen LogP contribution in [0.2, 0.25) is 0 Å². The van der Waals surface area contributed by atoms with Crippen LogP contribution >= 0.6 is 0 Å². The van der Waals surface area contributed by atoms with Gasteiger partial charge in [0.05, 0.1) is 0 Å². The van der Waals surface area contributed by atoms with E-state index in [4.69, 9.17) is 0 Å². The van der Waals surface area contributed by atoms with Crippen LogP contribution in [-0.2, 0) is 6.42 Å². The molecule has 1 aromatic rings. The van der Waals surface area contributed by atoms with Crippen molar-refractivity contribution in [3.8, 4) is 0 Å². The fraction of sp³-hybridized carbons (Fsp3) is 0.500. The summed E-state index contributed by atoms with van der Waals surface area (Å²) in [7, 11) is 0. The molecule has 0 heterocycles. The number of anilines is 1. The molecule has 0 unspecified atom stereocenters. The van der Waals surface area contributed by atoms with Crippen LogP contribution in [0.5, 0.6) is 0 Å². The van der Waals surface area contributed by atoms with Gasteiger partial charge in [-0.05, 0) is 49.9 Å². The molecule has 0 saturated heterocycles. The van der Waals surface area contributed by atoms with Gasteiger partial charge in [-0.2, -0.15) is 0 Å². The van der Waals surface area contributed by atoms with Crippen LogP contribution in [0.3, 0.4) is 0 Å². The summed E-state index contributed by atoms with van der Waals surface area (Å²) in [5, 5.41) is 3.37. The molecule has 0 fully saturated rings. The van der Waals surface area contributed by atoms with Crippen molar-refractivity contribution in [2.75, 3.05) is 11.9 Å². The first kappa shape index (κ1) is 10.1. The molecular weight excluding hydrogens is 158 g/mol. The van der Waals surface area contributed by atoms with Gasteiger partial charge in [0, 0.05) is 12.2 Å². The predicted molar refractivity (Wildman–Crippen MR) is 59.5 cm³/mol. The van der Waals surface area contributed by atoms with E-state index < -0.39 is 0 Å². The Morgan fingerprint density at radius 3 is 2.31 bits per heavy atom. The standard InChI is InChI=1S/C12H19N/c1-5-11-7-8-12(13-6-2)10(4)9(11)3/h7-8,13H,5-6H2,1-4H3. The van der Waals surface area contributed by atoms with Gasteiger partial charge in [-0.1, -0.05) is 13.0 Å². The molecule has 1 heteroatoms. The zero-order valence-corrected chi connectivity index (χ0v) is 9.07. The van der Waals surface area contributed by atoms with E-state index in [0.29, 0.717) is 0 Å². The first-order valence-electron chi connectivity index (χ1n) is 5.03. The van der Waals surface area contributed by atoms with E-state index in [1.165, 1.54) is 22.4 Å². The Bertz CT molecular complexity index is 289. The van der Waals surface area contributed by atoms with E-state index >= 15 is 0 Å². The summed E-state index contributed by atoms with van der Waals surface area (Å²) in [6, 6.07) is 4.41. The van der Waals surface area contributed by atoms with Crippen molar-refractivity contribution in [1.29, 1.82) is 0 Å². The molecule has 0 aliphatic rings. The second-order valence-corrected chi connectivity index (χ2v) is 3.41. The van der Waals surface area contributed by atoms with Crippen molar-refractivity contribution >= 4 is 5.69 Å². The van der Waals surface area contributed by atoms with Gasteiger partial charge in [0.1, 0.15) is 0 Å². The number of hydrogen-bond acceptors (Lipinski definition) is 1. The van der Waals surface area contributed by atoms with E-state index in [1.807, 2.05) is 0 Å². The lowest BCUT2D eigenvalue weighted by Gasteiger charge is -2.12. The average Bonchev–Trinajstić information content (AvgIpc) is 2.14. The lowest BCUT2D eigenvalue weighted by atomic mass is 10.00. The summed E-state index contributed by atoms with van der Waals surface area (Å²) in [4.78, 5) is 0. The van der Waals surface area contributed by atoms with Crippen LogP contribution < -0.4 is 5.32 Å². The van der Waals surface area contributed by atoms with Crippen molar-refractivity contribution in [3.63, 3.8) is 0 Å². The van der Waals surface area contributed by atoms with Gasteiger partial charge in [-0.25, -0.2) is 0 Å². The molecule has 0 saturated carbocycles. The number of rotatable bonds is 3. The Labute approximate surface area is 81.2 Å². The molecule has 13 heavy (non-hydrogen) atoms. The SMILES string of the molecule is CCNc1ccc(CC)c(C)c1C. The van der Waals surface area contributed by atoms with E-state index in [1.54, 1.807) is 0 Å². The monoisotopic (exact) mass is 177 g/mol. The van der Waals surface area contributed by atoms with Crippen molar-refractivity contribution in [1.82, 2.24) is 0 Å². The molecule has 1 N–H and O–H groups in total. The summed E-state index contributed by atoms with van der Waals surface area (Å²) in [6.45, 7) is 9.71. The Kier molecular flexibility index (Phi) is 3.35. The maximum Gasteiger partial charge on any atom is 0.0372 e. The normalized spacial score (nSPS) is 10.2. The van der Waals surface area contributed by atoms with Crippen LogP contribution in [0.15, 0.2) is 12.1 Å². The van der Waals surface area contributed by atoms with Crippen molar-refractivity contribution < 1.29 is 0 Å². The number of benzene rings is 1. The number of aryl methyl sites for hydroxylation is 1. The molecule has 0 bridgehead atoms. The highest BCUT2D eigenvalue weighted by atomic mass is 14.9. The molecule has 72 valence electrons. The van der Waals surface area contributed by atoms with Crippen LogP contribution in [-0.4, -0.2) is 6.54 Å². The molecule has 0 aliphatic heterocycles. The fourth-order valence-corrected chi connectivity index (χ4v) is 1.64. The topological polar surface area (TPSA) is 12.0 Å². The predicted octanol–water partition coefficient (Wildman–Crippen LogP) is 3.30. The molecule has 0 radical (unpaired) electrons. The highest BCUT2D eigenvalue weighted by Gasteiger charge is 2.03. The third-order valence-corrected chi connectivity index (χ3v) is 2.65. The Balaban J connectivity index is 3.07. The maximum absolute atomic E-state index is 3.37. The third kappa shape index (κ3) is 2.03. The lowest BCUT2D eigenvalue weighted by Crippen LogP contribution is -2.01. The van der Waals surface area contributed by atoms with Gasteiger partial charge >= 0.3 is 0 Å². The molecule has 1 nitrogen and oxygen atoms in total. The largest absolute Gasteiger partial charge is 0.385 e. The van der Waals surface area contributed by atoms with Crippen molar-refractivity contribution in [2.24, 2.45) is 0 Å². The molecule has 0 amide bonds. The summed E-state index contributed by atoms with van der Waals surface area (Å²) in [6.07, 6.45) is 1.12. The van der Waals surface area contributed by atoms with E-state index in [-0.39, 0.29) is 0 Å². The summed E-state index contributed by atoms with van der Waals surface area (Å²) in [5.41, 5.74) is 5.55. The number of hydrogen-bond donors (Lipinski definition) is 1. The van der Waals surface area contributed by atoms with Gasteiger partial charge < -0.3 is 5.32 Å². The Morgan fingerprint density at radius 2 is 1.77 bits per heavy atom. The first-order valence-corrected chi connectivity index (χ1v) is 5.03. The quantitative estimate of drug-likeness (QED) is 0.747. The van der Waals surface area contributed by atoms with E-state index in [9.17, 15) is 0 Å². The summed E-state index contributed by atoms with van der Waals surface area (Å²) < 4.78 is 0. The molecule has 1 rings (SSSR count). The Hall–Kier alpha value is -0.980. The summed E-state index contributed by atoms with van der Waals surface area (Å²) in [5.74, 6) is 0. The number of nitrogens with one attached hydrogen (secondary N) is 1. The zero-order chi connectivity index (χ0) is 9.84. The van der Waals surface area contributed by atoms with Crippen LogP contribution in [0, 0.1) is 13.8 Å². The molecule has 0 atom stereocenters. The van der Waals surface area contributed by atoms with E-state index in [0.717, 1.165) is 13.0 Å². The smallest absolute Gasteiger partial charge is 0.0372 e. The van der Waals surface area contributed by atoms with E-state index in [2.05, 4.69) is 45.1 Å². The lowest BCUT2D eigenvalue weighted by molar-refractivity contribution is 1.09. The maximum atomic E-state index is 3.37. The minimum Gasteiger partial charge on any atom is -0.385 e. The van der Waals surface area contributed by atoms with Gasteiger partial charge in [0.15, 0.2) is 0 Å². The third-order valence-electron chi connectivity index (χ3n) is 2.65. The van der Waals surface area contributed by atoms with Crippen LogP contribution in [0.1, 0.15) is 30.5 Å². The zero-order valence-electron chi connectivity index (χ0n) is 9.07. The van der Waals surface area contributed by atoms with Crippen LogP contribution in [0.25, 0.3) is 0 Å². The second-order valence-electron chi connectivity index (χ2n) is 3.41. The molecular formula is C12H19N. The molecule has 1 aromatic carbocycles. The average molecular weight is 177 g/mol. The van der Waals surface area contributed by atoms with Gasteiger partial charge in [0.25, 0.3) is 0 Å². The minimum atomic E-state index is 0.992. The molecule has 0 spiro atoms. The molecule has 0 aliphatic carbocycles. The van der Waals surface area contributed by atoms with Crippen molar-refractivity contribution in [3.05, 3.63) is 28.8 Å². The molecule has 0 aromatic heterocycles. The second kappa shape index (κ2) is 4.31. The Morgan fingerprint density at radius 1 is 1.08 bits per heavy atom. The van der Waals surface area contributed by atoms with Gasteiger partial charge in [0.2, 0.25) is 0 Å². The van der Waals surface area contributed by atoms with Gasteiger partial charge in [-0.15, -0.1) is 0 Å². The first-order chi connectivity index (χ1) is 6.20. The summed E-state index contributed by atoms with van der Waals surface area (Å²) >= 11 is 0. The minimum absolute atomic E-state index is 0.992. The van der Waals surface area contributed by atoms with Gasteiger partial charge in [-0.3, -0.25) is 0 Å². The highest BCUT2D eigenvalue weighted by molar-refractivity contribution is 5.56. The highest BCUT2D eigenvalue weighted by Crippen LogP contribution is 2.22.